The number of aromatic amines is 2. The number of aromatic nitrogens is 4. The van der Waals surface area contributed by atoms with E-state index in [1.54, 1.807) is 18.2 Å². The molecule has 5 rings (SSSR count). The Labute approximate surface area is 154 Å². The van der Waals surface area contributed by atoms with Crippen LogP contribution in [-0.4, -0.2) is 19.9 Å². The number of rotatable bonds is 2. The molecule has 0 aliphatic rings. The van der Waals surface area contributed by atoms with Gasteiger partial charge in [-0.05, 0) is 30.3 Å². The SMILES string of the molecule is O=c1[nH]ccc2c3nc(Sc4ccnc(F)c4)[nH]c3c3ccc(F)cc3c12. The first-order valence-corrected chi connectivity index (χ1v) is 8.83. The first-order chi connectivity index (χ1) is 13.1. The van der Waals surface area contributed by atoms with E-state index in [1.165, 1.54) is 42.4 Å². The van der Waals surface area contributed by atoms with Gasteiger partial charge in [0, 0.05) is 39.5 Å². The predicted octanol–water partition coefficient (Wildman–Crippen LogP) is 4.38. The zero-order valence-corrected chi connectivity index (χ0v) is 14.4. The number of fused-ring (bicyclic) bond motifs is 6. The second-order valence-corrected chi connectivity index (χ2v) is 7.03. The van der Waals surface area contributed by atoms with Crippen LogP contribution in [0.15, 0.2) is 63.6 Å². The van der Waals surface area contributed by atoms with Crippen LogP contribution in [0, 0.1) is 11.8 Å². The molecule has 3 aromatic heterocycles. The third kappa shape index (κ3) is 2.57. The molecule has 3 heterocycles. The largest absolute Gasteiger partial charge is 0.332 e. The smallest absolute Gasteiger partial charge is 0.256 e. The Kier molecular flexibility index (Phi) is 3.48. The van der Waals surface area contributed by atoms with Gasteiger partial charge >= 0.3 is 0 Å². The van der Waals surface area contributed by atoms with Gasteiger partial charge in [0.15, 0.2) is 5.16 Å². The van der Waals surface area contributed by atoms with Gasteiger partial charge in [0.25, 0.3) is 5.56 Å². The number of pyridine rings is 2. The molecule has 0 radical (unpaired) electrons. The molecule has 0 spiro atoms. The Morgan fingerprint density at radius 3 is 2.74 bits per heavy atom. The number of nitrogens with zero attached hydrogens (tertiary/aromatic N) is 2. The maximum Gasteiger partial charge on any atom is 0.256 e. The lowest BCUT2D eigenvalue weighted by atomic mass is 10.0. The second kappa shape index (κ2) is 5.88. The van der Waals surface area contributed by atoms with Crippen LogP contribution in [0.1, 0.15) is 0 Å². The Balaban J connectivity index is 1.84. The van der Waals surface area contributed by atoms with Crippen molar-refractivity contribution in [1.82, 2.24) is 19.9 Å². The molecule has 0 bridgehead atoms. The van der Waals surface area contributed by atoms with E-state index in [1.807, 2.05) is 0 Å². The summed E-state index contributed by atoms with van der Waals surface area (Å²) in [5.74, 6) is -0.998. The monoisotopic (exact) mass is 380 g/mol. The molecule has 8 heteroatoms. The Hall–Kier alpha value is -3.26. The quantitative estimate of drug-likeness (QED) is 0.352. The molecular weight excluding hydrogens is 370 g/mol. The summed E-state index contributed by atoms with van der Waals surface area (Å²) in [5.41, 5.74) is 0.991. The number of H-pyrrole nitrogens is 2. The lowest BCUT2D eigenvalue weighted by Crippen LogP contribution is -2.05. The zero-order valence-electron chi connectivity index (χ0n) is 13.6. The summed E-state index contributed by atoms with van der Waals surface area (Å²) in [5, 5.41) is 2.74. The molecule has 2 aromatic carbocycles. The standard InChI is InChI=1S/C19H10F2N4OS/c20-9-1-2-11-13(7-9)15-12(4-6-23-18(15)26)17-16(11)24-19(25-17)27-10-3-5-22-14(21)8-10/h1-8H,(H,23,26)(H,24,25). The minimum atomic E-state index is -0.575. The molecule has 0 aliphatic heterocycles. The zero-order chi connectivity index (χ0) is 18.5. The third-order valence-electron chi connectivity index (χ3n) is 4.33. The average molecular weight is 380 g/mol. The van der Waals surface area contributed by atoms with Crippen LogP contribution in [0.5, 0.6) is 0 Å². The van der Waals surface area contributed by atoms with E-state index in [0.29, 0.717) is 42.6 Å². The van der Waals surface area contributed by atoms with Crippen molar-refractivity contribution < 1.29 is 8.78 Å². The highest BCUT2D eigenvalue weighted by Crippen LogP contribution is 2.35. The van der Waals surface area contributed by atoms with Crippen LogP contribution in [0.4, 0.5) is 8.78 Å². The predicted molar refractivity (Wildman–Crippen MR) is 100 cm³/mol. The molecule has 0 saturated carbocycles. The first kappa shape index (κ1) is 16.0. The fourth-order valence-corrected chi connectivity index (χ4v) is 4.03. The van der Waals surface area contributed by atoms with Crippen molar-refractivity contribution in [3.8, 4) is 0 Å². The molecule has 0 saturated heterocycles. The van der Waals surface area contributed by atoms with E-state index in [4.69, 9.17) is 0 Å². The van der Waals surface area contributed by atoms with Gasteiger partial charge in [-0.1, -0.05) is 11.8 Å². The number of nitrogens with one attached hydrogen (secondary N) is 2. The van der Waals surface area contributed by atoms with E-state index in [0.717, 1.165) is 0 Å². The third-order valence-corrected chi connectivity index (χ3v) is 5.21. The molecule has 0 aliphatic carbocycles. The molecule has 0 atom stereocenters. The number of imidazole rings is 1. The van der Waals surface area contributed by atoms with Crippen LogP contribution in [-0.2, 0) is 0 Å². The molecule has 0 fully saturated rings. The minimum absolute atomic E-state index is 0.307. The van der Waals surface area contributed by atoms with E-state index in [9.17, 15) is 13.6 Å². The van der Waals surface area contributed by atoms with E-state index in [2.05, 4.69) is 19.9 Å². The van der Waals surface area contributed by atoms with Crippen molar-refractivity contribution in [3.05, 3.63) is 70.9 Å². The van der Waals surface area contributed by atoms with Crippen LogP contribution < -0.4 is 5.56 Å². The maximum absolute atomic E-state index is 13.8. The van der Waals surface area contributed by atoms with Crippen molar-refractivity contribution in [2.75, 3.05) is 0 Å². The van der Waals surface area contributed by atoms with Gasteiger partial charge < -0.3 is 9.97 Å². The van der Waals surface area contributed by atoms with Gasteiger partial charge in [0.1, 0.15) is 5.82 Å². The highest BCUT2D eigenvalue weighted by molar-refractivity contribution is 7.99. The van der Waals surface area contributed by atoms with E-state index in [-0.39, 0.29) is 5.56 Å². The summed E-state index contributed by atoms with van der Waals surface area (Å²) in [6.07, 6.45) is 2.92. The number of hydrogen-bond donors (Lipinski definition) is 2. The molecule has 132 valence electrons. The molecule has 0 unspecified atom stereocenters. The summed E-state index contributed by atoms with van der Waals surface area (Å²) >= 11 is 1.25. The minimum Gasteiger partial charge on any atom is -0.332 e. The molecule has 0 amide bonds. The molecule has 5 nitrogen and oxygen atoms in total. The summed E-state index contributed by atoms with van der Waals surface area (Å²) < 4.78 is 27.2. The van der Waals surface area contributed by atoms with Crippen molar-refractivity contribution in [2.45, 2.75) is 10.1 Å². The molecule has 2 N–H and O–H groups in total. The highest BCUT2D eigenvalue weighted by Gasteiger charge is 2.16. The highest BCUT2D eigenvalue weighted by atomic mass is 32.2. The Morgan fingerprint density at radius 2 is 1.89 bits per heavy atom. The topological polar surface area (TPSA) is 74.4 Å². The van der Waals surface area contributed by atoms with Crippen molar-refractivity contribution in [2.24, 2.45) is 0 Å². The fourth-order valence-electron chi connectivity index (χ4n) is 3.23. The summed E-state index contributed by atoms with van der Waals surface area (Å²) in [4.78, 5) is 27.0. The fraction of sp³-hybridized carbons (Fsp3) is 0. The van der Waals surface area contributed by atoms with Crippen molar-refractivity contribution in [1.29, 1.82) is 0 Å². The summed E-state index contributed by atoms with van der Waals surface area (Å²) in [6, 6.07) is 9.04. The maximum atomic E-state index is 13.8. The van der Waals surface area contributed by atoms with Gasteiger partial charge in [-0.3, -0.25) is 4.79 Å². The van der Waals surface area contributed by atoms with E-state index < -0.39 is 11.8 Å². The summed E-state index contributed by atoms with van der Waals surface area (Å²) in [6.45, 7) is 0. The van der Waals surface area contributed by atoms with Crippen LogP contribution in [0.2, 0.25) is 0 Å². The molecule has 27 heavy (non-hydrogen) atoms. The van der Waals surface area contributed by atoms with Crippen LogP contribution in [0.25, 0.3) is 32.6 Å². The van der Waals surface area contributed by atoms with Crippen LogP contribution in [0.3, 0.4) is 0 Å². The van der Waals surface area contributed by atoms with Gasteiger partial charge in [0.05, 0.1) is 16.4 Å². The number of benzene rings is 2. The second-order valence-electron chi connectivity index (χ2n) is 5.97. The number of hydrogen-bond acceptors (Lipinski definition) is 4. The van der Waals surface area contributed by atoms with Gasteiger partial charge in [-0.25, -0.2) is 14.4 Å². The lowest BCUT2D eigenvalue weighted by Gasteiger charge is -2.05. The van der Waals surface area contributed by atoms with Gasteiger partial charge in [0.2, 0.25) is 5.95 Å². The molecular formula is C19H10F2N4OS. The average Bonchev–Trinajstić information content (AvgIpc) is 3.05. The van der Waals surface area contributed by atoms with Crippen molar-refractivity contribution >= 4 is 44.3 Å². The first-order valence-electron chi connectivity index (χ1n) is 8.02. The Morgan fingerprint density at radius 1 is 1.00 bits per heavy atom. The number of halogens is 2. The Bertz CT molecular complexity index is 1410. The van der Waals surface area contributed by atoms with Gasteiger partial charge in [-0.15, -0.1) is 0 Å². The lowest BCUT2D eigenvalue weighted by molar-refractivity contribution is 0.579. The van der Waals surface area contributed by atoms with Crippen LogP contribution >= 0.6 is 11.8 Å². The summed E-state index contributed by atoms with van der Waals surface area (Å²) in [7, 11) is 0. The normalized spacial score (nSPS) is 11.6. The van der Waals surface area contributed by atoms with E-state index >= 15 is 0 Å². The van der Waals surface area contributed by atoms with Crippen molar-refractivity contribution in [3.63, 3.8) is 0 Å². The molecule has 5 aromatic rings. The van der Waals surface area contributed by atoms with Gasteiger partial charge in [-0.2, -0.15) is 4.39 Å².